The lowest BCUT2D eigenvalue weighted by atomic mass is 10.0. The molecule has 0 aliphatic rings. The second kappa shape index (κ2) is 28.0. The molecule has 0 aromatic carbocycles. The maximum absolute atomic E-state index is 6.38. The lowest BCUT2D eigenvalue weighted by Crippen LogP contribution is -2.14. The Morgan fingerprint density at radius 2 is 0.529 bits per heavy atom. The zero-order valence-corrected chi connectivity index (χ0v) is 25.7. The summed E-state index contributed by atoms with van der Waals surface area (Å²) >= 11 is 6.38. The van der Waals surface area contributed by atoms with E-state index in [0.717, 1.165) is 6.54 Å². The molecule has 0 aliphatic heterocycles. The summed E-state index contributed by atoms with van der Waals surface area (Å²) in [4.78, 5) is 0. The molecule has 0 heterocycles. The molecule has 0 amide bonds. The molecule has 3 heteroatoms. The van der Waals surface area contributed by atoms with Crippen molar-refractivity contribution < 1.29 is 0 Å². The van der Waals surface area contributed by atoms with E-state index in [0.29, 0.717) is 0 Å². The summed E-state index contributed by atoms with van der Waals surface area (Å²) in [6.45, 7) is 5.42. The molecule has 0 atom stereocenters. The van der Waals surface area contributed by atoms with Crippen LogP contribution in [-0.2, 0) is 0 Å². The lowest BCUT2D eigenvalue weighted by molar-refractivity contribution is 0.515. The van der Waals surface area contributed by atoms with Gasteiger partial charge in [0.05, 0.1) is 0 Å². The second-order valence-electron chi connectivity index (χ2n) is 11.8. The molecule has 0 rings (SSSR count). The minimum atomic E-state index is -1.31. The predicted octanol–water partition coefficient (Wildman–Crippen LogP) is 11.9. The fourth-order valence-electron chi connectivity index (χ4n) is 5.11. The van der Waals surface area contributed by atoms with Crippen LogP contribution in [0.2, 0.25) is 19.1 Å². The number of hydrogen-bond acceptors (Lipinski definition) is 1. The van der Waals surface area contributed by atoms with E-state index in [1.807, 2.05) is 0 Å². The van der Waals surface area contributed by atoms with Crippen molar-refractivity contribution in [3.05, 3.63) is 0 Å². The standard InChI is InChI=1S/C31H66ClNSi/c1-34(2,32)31-29-27-25-23-21-19-17-15-13-11-9-7-5-3-4-6-8-10-12-14-16-18-20-22-24-26-28-30-33/h3-31,33H2,1-2H3. The van der Waals surface area contributed by atoms with Gasteiger partial charge in [-0.15, -0.1) is 0 Å². The van der Waals surface area contributed by atoms with Crippen LogP contribution < -0.4 is 5.73 Å². The smallest absolute Gasteiger partial charge is 0.150 e. The Morgan fingerprint density at radius 1 is 0.353 bits per heavy atom. The molecule has 0 fully saturated rings. The van der Waals surface area contributed by atoms with Gasteiger partial charge in [0.15, 0.2) is 0 Å². The second-order valence-corrected chi connectivity index (χ2v) is 18.8. The first-order valence-corrected chi connectivity index (χ1v) is 20.2. The van der Waals surface area contributed by atoms with Gasteiger partial charge in [-0.3, -0.25) is 0 Å². The summed E-state index contributed by atoms with van der Waals surface area (Å²) in [5.41, 5.74) is 5.54. The number of halogens is 1. The van der Waals surface area contributed by atoms with Crippen molar-refractivity contribution in [3.8, 4) is 0 Å². The largest absolute Gasteiger partial charge is 0.330 e. The number of nitrogens with two attached hydrogens (primary N) is 1. The van der Waals surface area contributed by atoms with Crippen molar-refractivity contribution in [2.45, 2.75) is 193 Å². The summed E-state index contributed by atoms with van der Waals surface area (Å²) in [6, 6.07) is 1.30. The molecular weight excluding hydrogens is 450 g/mol. The van der Waals surface area contributed by atoms with E-state index in [4.69, 9.17) is 16.8 Å². The first-order chi connectivity index (χ1) is 16.6. The fourth-order valence-corrected chi connectivity index (χ4v) is 6.60. The molecule has 0 saturated heterocycles. The first-order valence-electron chi connectivity index (χ1n) is 16.0. The van der Waals surface area contributed by atoms with E-state index in [-0.39, 0.29) is 0 Å². The van der Waals surface area contributed by atoms with Crippen molar-refractivity contribution in [2.75, 3.05) is 6.54 Å². The van der Waals surface area contributed by atoms with E-state index < -0.39 is 7.38 Å². The highest BCUT2D eigenvalue weighted by molar-refractivity contribution is 7.19. The molecular formula is C31H66ClNSi. The summed E-state index contributed by atoms with van der Waals surface area (Å²) in [6.07, 6.45) is 39.0. The van der Waals surface area contributed by atoms with Gasteiger partial charge in [0.1, 0.15) is 7.38 Å². The highest BCUT2D eigenvalue weighted by atomic mass is 35.6. The molecule has 0 aromatic rings. The molecule has 0 spiro atoms. The molecule has 206 valence electrons. The van der Waals surface area contributed by atoms with Crippen molar-refractivity contribution in [1.82, 2.24) is 0 Å². The Bertz CT molecular complexity index is 369. The molecule has 0 unspecified atom stereocenters. The third kappa shape index (κ3) is 32.5. The Morgan fingerprint density at radius 3 is 0.706 bits per heavy atom. The molecule has 0 aromatic heterocycles. The molecule has 0 radical (unpaired) electrons. The van der Waals surface area contributed by atoms with E-state index >= 15 is 0 Å². The number of hydrogen-bond donors (Lipinski definition) is 1. The maximum Gasteiger partial charge on any atom is 0.150 e. The average Bonchev–Trinajstić information content (AvgIpc) is 2.80. The topological polar surface area (TPSA) is 26.0 Å². The summed E-state index contributed by atoms with van der Waals surface area (Å²) in [7, 11) is -1.31. The zero-order valence-electron chi connectivity index (χ0n) is 24.0. The SMILES string of the molecule is C[Si](C)(Cl)CCCCCCCCCCCCCCCCCCCCCCCCCCCCCN. The molecule has 1 nitrogen and oxygen atoms in total. The third-order valence-corrected chi connectivity index (χ3v) is 9.58. The molecule has 34 heavy (non-hydrogen) atoms. The summed E-state index contributed by atoms with van der Waals surface area (Å²) in [5.74, 6) is 0. The van der Waals surface area contributed by atoms with Crippen molar-refractivity contribution >= 4 is 18.5 Å². The minimum absolute atomic E-state index is 0.872. The van der Waals surface area contributed by atoms with Crippen LogP contribution in [0.5, 0.6) is 0 Å². The Kier molecular flexibility index (Phi) is 28.4. The fraction of sp³-hybridized carbons (Fsp3) is 1.00. The van der Waals surface area contributed by atoms with Crippen LogP contribution in [0, 0.1) is 0 Å². The van der Waals surface area contributed by atoms with Gasteiger partial charge in [0.2, 0.25) is 0 Å². The highest BCUT2D eigenvalue weighted by Gasteiger charge is 2.15. The average molecular weight is 516 g/mol. The highest BCUT2D eigenvalue weighted by Crippen LogP contribution is 2.20. The lowest BCUT2D eigenvalue weighted by Gasteiger charge is -2.11. The normalized spacial score (nSPS) is 12.0. The van der Waals surface area contributed by atoms with E-state index in [9.17, 15) is 0 Å². The van der Waals surface area contributed by atoms with Gasteiger partial charge >= 0.3 is 0 Å². The molecule has 2 N–H and O–H groups in total. The van der Waals surface area contributed by atoms with Crippen molar-refractivity contribution in [2.24, 2.45) is 5.73 Å². The zero-order chi connectivity index (χ0) is 25.0. The van der Waals surface area contributed by atoms with E-state index in [1.165, 1.54) is 179 Å². The summed E-state index contributed by atoms with van der Waals surface area (Å²) < 4.78 is 0. The Hall–Kier alpha value is 0.467. The maximum atomic E-state index is 6.38. The van der Waals surface area contributed by atoms with Gasteiger partial charge in [-0.2, -0.15) is 11.1 Å². The van der Waals surface area contributed by atoms with Gasteiger partial charge in [-0.1, -0.05) is 180 Å². The van der Waals surface area contributed by atoms with Crippen LogP contribution in [0.25, 0.3) is 0 Å². The van der Waals surface area contributed by atoms with Gasteiger partial charge in [-0.25, -0.2) is 0 Å². The van der Waals surface area contributed by atoms with Crippen LogP contribution in [0.1, 0.15) is 173 Å². The third-order valence-electron chi connectivity index (χ3n) is 7.48. The van der Waals surface area contributed by atoms with Gasteiger partial charge < -0.3 is 5.73 Å². The van der Waals surface area contributed by atoms with Gasteiger partial charge in [0.25, 0.3) is 0 Å². The minimum Gasteiger partial charge on any atom is -0.330 e. The molecule has 0 aliphatic carbocycles. The van der Waals surface area contributed by atoms with Crippen LogP contribution in [-0.4, -0.2) is 13.9 Å². The van der Waals surface area contributed by atoms with E-state index in [1.54, 1.807) is 0 Å². The van der Waals surface area contributed by atoms with Crippen molar-refractivity contribution in [1.29, 1.82) is 0 Å². The van der Waals surface area contributed by atoms with Crippen LogP contribution in [0.15, 0.2) is 0 Å². The van der Waals surface area contributed by atoms with Crippen LogP contribution in [0.3, 0.4) is 0 Å². The monoisotopic (exact) mass is 515 g/mol. The van der Waals surface area contributed by atoms with Crippen molar-refractivity contribution in [3.63, 3.8) is 0 Å². The molecule has 0 bridgehead atoms. The van der Waals surface area contributed by atoms with Gasteiger partial charge in [-0.05, 0) is 19.0 Å². The van der Waals surface area contributed by atoms with Gasteiger partial charge in [0, 0.05) is 0 Å². The first kappa shape index (κ1) is 34.5. The van der Waals surface area contributed by atoms with Crippen LogP contribution >= 0.6 is 11.1 Å². The Balaban J connectivity index is 3.03. The van der Waals surface area contributed by atoms with Crippen LogP contribution in [0.4, 0.5) is 0 Å². The Labute approximate surface area is 222 Å². The predicted molar refractivity (Wildman–Crippen MR) is 162 cm³/mol. The van der Waals surface area contributed by atoms with E-state index in [2.05, 4.69) is 13.1 Å². The quantitative estimate of drug-likeness (QED) is 0.0597. The summed E-state index contributed by atoms with van der Waals surface area (Å²) in [5, 5.41) is 0. The molecule has 0 saturated carbocycles. The number of unbranched alkanes of at least 4 members (excludes halogenated alkanes) is 26. The number of rotatable bonds is 29.